The Morgan fingerprint density at radius 3 is 2.88 bits per heavy atom. The Morgan fingerprint density at radius 2 is 2.12 bits per heavy atom. The standard InChI is InChI=1S/C18H24N6O/c1-13(2)23-10-7-19-17(23)12-22-8-4-14(5-9-22)15-11-18(25)24-16(21-15)3-6-20-24/h3,6-7,10-11,13-14,20H,4-5,8-9,12H2,1-2H3. The van der Waals surface area contributed by atoms with E-state index in [-0.39, 0.29) is 5.56 Å². The van der Waals surface area contributed by atoms with Crippen molar-refractivity contribution in [3.05, 3.63) is 52.6 Å². The summed E-state index contributed by atoms with van der Waals surface area (Å²) < 4.78 is 3.71. The molecule has 0 bridgehead atoms. The number of aromatic nitrogens is 5. The van der Waals surface area contributed by atoms with Crippen LogP contribution in [-0.2, 0) is 6.54 Å². The lowest BCUT2D eigenvalue weighted by Crippen LogP contribution is -2.34. The summed E-state index contributed by atoms with van der Waals surface area (Å²) in [4.78, 5) is 23.8. The molecule has 0 aliphatic carbocycles. The normalized spacial score (nSPS) is 16.9. The average Bonchev–Trinajstić information content (AvgIpc) is 3.24. The molecule has 1 N–H and O–H groups in total. The Kier molecular flexibility index (Phi) is 4.17. The van der Waals surface area contributed by atoms with Gasteiger partial charge in [-0.2, -0.15) is 0 Å². The third-order valence-corrected chi connectivity index (χ3v) is 5.08. The van der Waals surface area contributed by atoms with Gasteiger partial charge in [-0.3, -0.25) is 14.8 Å². The molecule has 1 saturated heterocycles. The van der Waals surface area contributed by atoms with Crippen molar-refractivity contribution < 1.29 is 0 Å². The van der Waals surface area contributed by atoms with Gasteiger partial charge in [0.15, 0.2) is 5.65 Å². The summed E-state index contributed by atoms with van der Waals surface area (Å²) in [5, 5.41) is 2.89. The van der Waals surface area contributed by atoms with Crippen LogP contribution >= 0.6 is 0 Å². The highest BCUT2D eigenvalue weighted by Gasteiger charge is 2.23. The molecule has 0 aromatic carbocycles. The largest absolute Gasteiger partial charge is 0.331 e. The van der Waals surface area contributed by atoms with Crippen LogP contribution in [0.1, 0.15) is 50.2 Å². The first-order chi connectivity index (χ1) is 12.1. The van der Waals surface area contributed by atoms with Crippen molar-refractivity contribution in [1.82, 2.24) is 29.0 Å². The molecule has 1 fully saturated rings. The second-order valence-electron chi connectivity index (χ2n) is 7.07. The van der Waals surface area contributed by atoms with Crippen LogP contribution in [0.5, 0.6) is 0 Å². The third-order valence-electron chi connectivity index (χ3n) is 5.08. The number of hydrogen-bond acceptors (Lipinski definition) is 4. The van der Waals surface area contributed by atoms with Gasteiger partial charge in [0.05, 0.1) is 12.2 Å². The van der Waals surface area contributed by atoms with Crippen LogP contribution in [0.15, 0.2) is 35.5 Å². The molecule has 0 atom stereocenters. The quantitative estimate of drug-likeness (QED) is 0.790. The monoisotopic (exact) mass is 340 g/mol. The number of nitrogens with zero attached hydrogens (tertiary/aromatic N) is 5. The molecule has 4 heterocycles. The first kappa shape index (κ1) is 16.1. The number of H-pyrrole nitrogens is 1. The number of fused-ring (bicyclic) bond motifs is 1. The number of hydrogen-bond donors (Lipinski definition) is 1. The lowest BCUT2D eigenvalue weighted by atomic mass is 9.93. The van der Waals surface area contributed by atoms with Crippen LogP contribution in [-0.4, -0.2) is 42.1 Å². The van der Waals surface area contributed by atoms with E-state index in [0.29, 0.717) is 17.6 Å². The van der Waals surface area contributed by atoms with E-state index in [1.165, 1.54) is 4.52 Å². The van der Waals surface area contributed by atoms with Crippen molar-refractivity contribution in [1.29, 1.82) is 0 Å². The fourth-order valence-corrected chi connectivity index (χ4v) is 3.68. The van der Waals surface area contributed by atoms with Gasteiger partial charge in [-0.25, -0.2) is 14.5 Å². The summed E-state index contributed by atoms with van der Waals surface area (Å²) in [7, 11) is 0. The zero-order valence-corrected chi connectivity index (χ0v) is 14.7. The SMILES string of the molecule is CC(C)n1ccnc1CN1CCC(c2cc(=O)n3[nH]ccc3n2)CC1. The van der Waals surface area contributed by atoms with Crippen LogP contribution in [0.2, 0.25) is 0 Å². The lowest BCUT2D eigenvalue weighted by Gasteiger charge is -2.31. The minimum absolute atomic E-state index is 0.0357. The van der Waals surface area contributed by atoms with E-state index < -0.39 is 0 Å². The number of rotatable bonds is 4. The van der Waals surface area contributed by atoms with Gasteiger partial charge in [-0.05, 0) is 39.8 Å². The molecular formula is C18H24N6O. The van der Waals surface area contributed by atoms with Crippen molar-refractivity contribution in [2.75, 3.05) is 13.1 Å². The minimum Gasteiger partial charge on any atom is -0.331 e. The van der Waals surface area contributed by atoms with E-state index >= 15 is 0 Å². The van der Waals surface area contributed by atoms with E-state index in [4.69, 9.17) is 0 Å². The first-order valence-corrected chi connectivity index (χ1v) is 8.93. The maximum absolute atomic E-state index is 12.2. The molecule has 3 aromatic rings. The Hall–Kier alpha value is -2.41. The van der Waals surface area contributed by atoms with Crippen molar-refractivity contribution >= 4 is 5.65 Å². The van der Waals surface area contributed by atoms with Crippen LogP contribution in [0.25, 0.3) is 5.65 Å². The zero-order valence-electron chi connectivity index (χ0n) is 14.7. The summed E-state index contributed by atoms with van der Waals surface area (Å²) in [6.45, 7) is 7.25. The van der Waals surface area contributed by atoms with Gasteiger partial charge in [0.25, 0.3) is 5.56 Å². The van der Waals surface area contributed by atoms with Gasteiger partial charge >= 0.3 is 0 Å². The van der Waals surface area contributed by atoms with Crippen molar-refractivity contribution in [3.8, 4) is 0 Å². The Bertz CT molecular complexity index is 913. The highest BCUT2D eigenvalue weighted by Crippen LogP contribution is 2.27. The summed E-state index contributed by atoms with van der Waals surface area (Å²) in [5.74, 6) is 1.48. The third kappa shape index (κ3) is 3.11. The fourth-order valence-electron chi connectivity index (χ4n) is 3.68. The summed E-state index contributed by atoms with van der Waals surface area (Å²) in [6, 6.07) is 3.95. The Morgan fingerprint density at radius 1 is 1.32 bits per heavy atom. The van der Waals surface area contributed by atoms with Gasteiger partial charge in [-0.15, -0.1) is 0 Å². The minimum atomic E-state index is -0.0357. The summed E-state index contributed by atoms with van der Waals surface area (Å²) in [5.41, 5.74) is 1.59. The molecule has 7 heteroatoms. The Balaban J connectivity index is 1.44. The number of likely N-dealkylation sites (tertiary alicyclic amines) is 1. The van der Waals surface area contributed by atoms with E-state index in [1.807, 2.05) is 12.3 Å². The molecule has 4 rings (SSSR count). The molecule has 0 saturated carbocycles. The first-order valence-electron chi connectivity index (χ1n) is 8.93. The molecule has 25 heavy (non-hydrogen) atoms. The van der Waals surface area contributed by atoms with E-state index in [9.17, 15) is 4.79 Å². The molecule has 0 spiro atoms. The van der Waals surface area contributed by atoms with Gasteiger partial charge in [0.2, 0.25) is 0 Å². The molecule has 132 valence electrons. The lowest BCUT2D eigenvalue weighted by molar-refractivity contribution is 0.195. The van der Waals surface area contributed by atoms with Gasteiger partial charge in [-0.1, -0.05) is 0 Å². The van der Waals surface area contributed by atoms with E-state index in [2.05, 4.69) is 44.6 Å². The molecule has 7 nitrogen and oxygen atoms in total. The molecule has 1 aliphatic rings. The van der Waals surface area contributed by atoms with Crippen LogP contribution in [0.3, 0.4) is 0 Å². The van der Waals surface area contributed by atoms with Crippen molar-refractivity contribution in [2.24, 2.45) is 0 Å². The fraction of sp³-hybridized carbons (Fsp3) is 0.500. The molecule has 0 amide bonds. The average molecular weight is 340 g/mol. The summed E-state index contributed by atoms with van der Waals surface area (Å²) >= 11 is 0. The van der Waals surface area contributed by atoms with E-state index in [1.54, 1.807) is 12.3 Å². The number of imidazole rings is 1. The maximum Gasteiger partial charge on any atom is 0.272 e. The topological polar surface area (TPSA) is 71.2 Å². The van der Waals surface area contributed by atoms with Crippen molar-refractivity contribution in [2.45, 2.75) is 45.2 Å². The number of piperidine rings is 1. The van der Waals surface area contributed by atoms with Crippen LogP contribution in [0, 0.1) is 0 Å². The predicted molar refractivity (Wildman–Crippen MR) is 95.7 cm³/mol. The maximum atomic E-state index is 12.2. The molecule has 0 unspecified atom stereocenters. The van der Waals surface area contributed by atoms with Gasteiger partial charge in [0.1, 0.15) is 5.82 Å². The van der Waals surface area contributed by atoms with Gasteiger partial charge in [0, 0.05) is 42.7 Å². The molecule has 0 radical (unpaired) electrons. The highest BCUT2D eigenvalue weighted by molar-refractivity contribution is 5.37. The highest BCUT2D eigenvalue weighted by atomic mass is 16.1. The second kappa shape index (κ2) is 6.48. The van der Waals surface area contributed by atoms with Crippen molar-refractivity contribution in [3.63, 3.8) is 0 Å². The number of aromatic amines is 1. The van der Waals surface area contributed by atoms with Crippen LogP contribution in [0.4, 0.5) is 0 Å². The van der Waals surface area contributed by atoms with Crippen LogP contribution < -0.4 is 5.56 Å². The molecular weight excluding hydrogens is 316 g/mol. The smallest absolute Gasteiger partial charge is 0.272 e. The Labute approximate surface area is 146 Å². The van der Waals surface area contributed by atoms with E-state index in [0.717, 1.165) is 44.0 Å². The number of nitrogens with one attached hydrogen (secondary N) is 1. The molecule has 1 aliphatic heterocycles. The predicted octanol–water partition coefficient (Wildman–Crippen LogP) is 2.18. The van der Waals surface area contributed by atoms with Gasteiger partial charge < -0.3 is 4.57 Å². The zero-order chi connectivity index (χ0) is 17.4. The summed E-state index contributed by atoms with van der Waals surface area (Å²) in [6.07, 6.45) is 7.72. The second-order valence-corrected chi connectivity index (χ2v) is 7.07. The molecule has 3 aromatic heterocycles.